The predicted molar refractivity (Wildman–Crippen MR) is 97.4 cm³/mol. The molecule has 25 heavy (non-hydrogen) atoms. The predicted octanol–water partition coefficient (Wildman–Crippen LogP) is 3.94. The van der Waals surface area contributed by atoms with E-state index in [1.807, 2.05) is 38.1 Å². The van der Waals surface area contributed by atoms with E-state index in [0.717, 1.165) is 16.9 Å². The van der Waals surface area contributed by atoms with Gasteiger partial charge in [0.15, 0.2) is 5.78 Å². The highest BCUT2D eigenvalue weighted by Crippen LogP contribution is 2.20. The van der Waals surface area contributed by atoms with Crippen molar-refractivity contribution in [3.63, 3.8) is 0 Å². The van der Waals surface area contributed by atoms with E-state index in [9.17, 15) is 9.59 Å². The number of carbonyl (C=O) groups excluding carboxylic acids is 2. The van der Waals surface area contributed by atoms with Crippen LogP contribution in [0, 0.1) is 13.8 Å². The molecule has 1 heterocycles. The molecule has 0 atom stereocenters. The van der Waals surface area contributed by atoms with Crippen molar-refractivity contribution in [1.82, 2.24) is 9.78 Å². The third kappa shape index (κ3) is 3.21. The summed E-state index contributed by atoms with van der Waals surface area (Å²) in [6, 6.07) is 14.8. The number of anilines is 1. The number of benzene rings is 2. The van der Waals surface area contributed by atoms with Gasteiger partial charge in [-0.1, -0.05) is 30.3 Å². The van der Waals surface area contributed by atoms with Gasteiger partial charge in [-0.15, -0.1) is 0 Å². The van der Waals surface area contributed by atoms with Crippen molar-refractivity contribution < 1.29 is 9.59 Å². The van der Waals surface area contributed by atoms with Crippen LogP contribution < -0.4 is 5.32 Å². The van der Waals surface area contributed by atoms with E-state index >= 15 is 0 Å². The highest BCUT2D eigenvalue weighted by atomic mass is 16.2. The standard InChI is InChI=1S/C20H19N3O2/c1-13-8-4-7-11-19(13)23-14(2)17(12-21-23)20(25)22-18-10-6-5-9-16(18)15(3)24/h4-12H,1-3H3,(H,22,25). The number of carbonyl (C=O) groups is 2. The first-order valence-electron chi connectivity index (χ1n) is 8.01. The number of aryl methyl sites for hydroxylation is 1. The highest BCUT2D eigenvalue weighted by Gasteiger charge is 2.17. The average molecular weight is 333 g/mol. The molecule has 0 unspecified atom stereocenters. The molecule has 0 saturated heterocycles. The van der Waals surface area contributed by atoms with Gasteiger partial charge in [0, 0.05) is 5.56 Å². The maximum Gasteiger partial charge on any atom is 0.259 e. The molecule has 0 saturated carbocycles. The Morgan fingerprint density at radius 1 is 0.960 bits per heavy atom. The summed E-state index contributed by atoms with van der Waals surface area (Å²) in [6.45, 7) is 5.33. The Bertz CT molecular complexity index is 957. The Labute approximate surface area is 146 Å². The molecular weight excluding hydrogens is 314 g/mol. The van der Waals surface area contributed by atoms with Gasteiger partial charge in [-0.05, 0) is 44.5 Å². The molecule has 1 N–H and O–H groups in total. The van der Waals surface area contributed by atoms with Gasteiger partial charge in [0.05, 0.1) is 28.8 Å². The van der Waals surface area contributed by atoms with Gasteiger partial charge >= 0.3 is 0 Å². The second-order valence-corrected chi connectivity index (χ2v) is 5.90. The molecule has 5 nitrogen and oxygen atoms in total. The first-order valence-corrected chi connectivity index (χ1v) is 8.01. The minimum absolute atomic E-state index is 0.0942. The van der Waals surface area contributed by atoms with E-state index in [-0.39, 0.29) is 11.7 Å². The first kappa shape index (κ1) is 16.6. The van der Waals surface area contributed by atoms with Gasteiger partial charge < -0.3 is 5.32 Å². The number of aromatic nitrogens is 2. The van der Waals surface area contributed by atoms with E-state index < -0.39 is 0 Å². The fourth-order valence-electron chi connectivity index (χ4n) is 2.77. The van der Waals surface area contributed by atoms with Crippen LogP contribution in [0.4, 0.5) is 5.69 Å². The Kier molecular flexibility index (Phi) is 4.48. The Hall–Kier alpha value is -3.21. The van der Waals surface area contributed by atoms with Crippen LogP contribution in [0.5, 0.6) is 0 Å². The van der Waals surface area contributed by atoms with Crippen LogP contribution in [0.3, 0.4) is 0 Å². The molecule has 5 heteroatoms. The molecule has 2 aromatic carbocycles. The normalized spacial score (nSPS) is 10.5. The average Bonchev–Trinajstić information content (AvgIpc) is 2.97. The van der Waals surface area contributed by atoms with Crippen LogP contribution in [0.25, 0.3) is 5.69 Å². The highest BCUT2D eigenvalue weighted by molar-refractivity contribution is 6.09. The number of para-hydroxylation sites is 2. The number of ketones is 1. The lowest BCUT2D eigenvalue weighted by atomic mass is 10.1. The fraction of sp³-hybridized carbons (Fsp3) is 0.150. The van der Waals surface area contributed by atoms with Crippen molar-refractivity contribution in [3.8, 4) is 5.69 Å². The van der Waals surface area contributed by atoms with Gasteiger partial charge in [0.25, 0.3) is 5.91 Å². The van der Waals surface area contributed by atoms with Gasteiger partial charge in [-0.25, -0.2) is 4.68 Å². The Morgan fingerprint density at radius 2 is 1.64 bits per heavy atom. The second kappa shape index (κ2) is 6.73. The van der Waals surface area contributed by atoms with Crippen LogP contribution in [-0.2, 0) is 0 Å². The summed E-state index contributed by atoms with van der Waals surface area (Å²) in [5, 5.41) is 7.17. The van der Waals surface area contributed by atoms with Gasteiger partial charge in [0.2, 0.25) is 0 Å². The fourth-order valence-corrected chi connectivity index (χ4v) is 2.77. The number of hydrogen-bond acceptors (Lipinski definition) is 3. The summed E-state index contributed by atoms with van der Waals surface area (Å²) in [7, 11) is 0. The Morgan fingerprint density at radius 3 is 2.36 bits per heavy atom. The molecule has 126 valence electrons. The largest absolute Gasteiger partial charge is 0.321 e. The molecule has 0 spiro atoms. The summed E-state index contributed by atoms with van der Waals surface area (Å²) in [4.78, 5) is 24.4. The topological polar surface area (TPSA) is 64.0 Å². The number of rotatable bonds is 4. The first-order chi connectivity index (χ1) is 12.0. The molecule has 0 aliphatic rings. The number of nitrogens with zero attached hydrogens (tertiary/aromatic N) is 2. The van der Waals surface area contributed by atoms with Crippen LogP contribution in [-0.4, -0.2) is 21.5 Å². The zero-order valence-electron chi connectivity index (χ0n) is 14.4. The van der Waals surface area contributed by atoms with E-state index in [1.54, 1.807) is 35.1 Å². The summed E-state index contributed by atoms with van der Waals surface area (Å²) >= 11 is 0. The van der Waals surface area contributed by atoms with E-state index in [0.29, 0.717) is 16.8 Å². The lowest BCUT2D eigenvalue weighted by Crippen LogP contribution is -2.15. The van der Waals surface area contributed by atoms with Crippen molar-refractivity contribution in [2.45, 2.75) is 20.8 Å². The van der Waals surface area contributed by atoms with Crippen LogP contribution in [0.2, 0.25) is 0 Å². The minimum Gasteiger partial charge on any atom is -0.321 e. The van der Waals surface area contributed by atoms with Crippen molar-refractivity contribution in [1.29, 1.82) is 0 Å². The Balaban J connectivity index is 1.93. The van der Waals surface area contributed by atoms with Crippen molar-refractivity contribution >= 4 is 17.4 Å². The van der Waals surface area contributed by atoms with Crippen molar-refractivity contribution in [2.75, 3.05) is 5.32 Å². The van der Waals surface area contributed by atoms with Gasteiger partial charge in [-0.3, -0.25) is 9.59 Å². The van der Waals surface area contributed by atoms with Crippen molar-refractivity contribution in [2.24, 2.45) is 0 Å². The van der Waals surface area contributed by atoms with Crippen LogP contribution in [0.1, 0.15) is 38.9 Å². The molecule has 0 radical (unpaired) electrons. The van der Waals surface area contributed by atoms with E-state index in [1.165, 1.54) is 6.92 Å². The maximum atomic E-state index is 12.7. The molecule has 0 aliphatic heterocycles. The monoisotopic (exact) mass is 333 g/mol. The number of hydrogen-bond donors (Lipinski definition) is 1. The van der Waals surface area contributed by atoms with Crippen LogP contribution >= 0.6 is 0 Å². The molecule has 0 bridgehead atoms. The summed E-state index contributed by atoms with van der Waals surface area (Å²) in [5.74, 6) is -0.380. The molecular formula is C20H19N3O2. The lowest BCUT2D eigenvalue weighted by molar-refractivity contribution is 0.101. The zero-order chi connectivity index (χ0) is 18.0. The van der Waals surface area contributed by atoms with E-state index in [4.69, 9.17) is 0 Å². The second-order valence-electron chi connectivity index (χ2n) is 5.90. The molecule has 0 fully saturated rings. The van der Waals surface area contributed by atoms with Crippen LogP contribution in [0.15, 0.2) is 54.7 Å². The number of amides is 1. The summed E-state index contributed by atoms with van der Waals surface area (Å²) < 4.78 is 1.75. The molecule has 3 aromatic rings. The SMILES string of the molecule is CC(=O)c1ccccc1NC(=O)c1cnn(-c2ccccc2C)c1C. The number of Topliss-reactive ketones (excluding diaryl/α,β-unsaturated/α-hetero) is 1. The smallest absolute Gasteiger partial charge is 0.259 e. The third-order valence-electron chi connectivity index (χ3n) is 4.15. The molecule has 1 aromatic heterocycles. The lowest BCUT2D eigenvalue weighted by Gasteiger charge is -2.10. The zero-order valence-corrected chi connectivity index (χ0v) is 14.4. The van der Waals surface area contributed by atoms with E-state index in [2.05, 4.69) is 10.4 Å². The van der Waals surface area contributed by atoms with Gasteiger partial charge in [-0.2, -0.15) is 5.10 Å². The quantitative estimate of drug-likeness (QED) is 0.735. The third-order valence-corrected chi connectivity index (χ3v) is 4.15. The molecule has 1 amide bonds. The molecule has 3 rings (SSSR count). The number of nitrogens with one attached hydrogen (secondary N) is 1. The van der Waals surface area contributed by atoms with Gasteiger partial charge in [0.1, 0.15) is 0 Å². The van der Waals surface area contributed by atoms with Crippen molar-refractivity contribution in [3.05, 3.63) is 77.1 Å². The molecule has 0 aliphatic carbocycles. The summed E-state index contributed by atoms with van der Waals surface area (Å²) in [5.41, 5.74) is 4.21. The maximum absolute atomic E-state index is 12.7. The summed E-state index contributed by atoms with van der Waals surface area (Å²) in [6.07, 6.45) is 1.55. The minimum atomic E-state index is -0.286.